The van der Waals surface area contributed by atoms with Gasteiger partial charge in [-0.3, -0.25) is 0 Å². The molecule has 4 heteroatoms. The molecule has 0 spiro atoms. The topological polar surface area (TPSA) is 69.8 Å². The third kappa shape index (κ3) is 1.76. The first-order valence-corrected chi connectivity index (χ1v) is 4.30. The van der Waals surface area contributed by atoms with Gasteiger partial charge in [-0.15, -0.1) is 0 Å². The van der Waals surface area contributed by atoms with Crippen molar-refractivity contribution in [2.45, 2.75) is 0 Å². The van der Waals surface area contributed by atoms with Crippen LogP contribution in [0.3, 0.4) is 0 Å². The first-order valence-electron chi connectivity index (χ1n) is 4.30. The fraction of sp³-hybridized carbons (Fsp3) is 0. The van der Waals surface area contributed by atoms with E-state index in [9.17, 15) is 5.11 Å². The van der Waals surface area contributed by atoms with Crippen LogP contribution in [0.4, 0.5) is 0 Å². The lowest BCUT2D eigenvalue weighted by molar-refractivity contribution is 0.473. The van der Waals surface area contributed by atoms with Gasteiger partial charge < -0.3 is 5.11 Å². The quantitative estimate of drug-likeness (QED) is 0.755. The SMILES string of the molecule is N#Cc1cc(-c2cncnc2)ccc1O. The van der Waals surface area contributed by atoms with Crippen LogP contribution in [0.25, 0.3) is 11.1 Å². The van der Waals surface area contributed by atoms with E-state index in [1.54, 1.807) is 24.5 Å². The van der Waals surface area contributed by atoms with Gasteiger partial charge in [-0.05, 0) is 17.7 Å². The van der Waals surface area contributed by atoms with E-state index in [2.05, 4.69) is 9.97 Å². The second-order valence-electron chi connectivity index (χ2n) is 2.97. The summed E-state index contributed by atoms with van der Waals surface area (Å²) in [6, 6.07) is 6.72. The number of phenols is 1. The molecule has 0 amide bonds. The highest BCUT2D eigenvalue weighted by Crippen LogP contribution is 2.24. The van der Waals surface area contributed by atoms with E-state index in [0.29, 0.717) is 0 Å². The molecule has 0 radical (unpaired) electrons. The van der Waals surface area contributed by atoms with E-state index in [0.717, 1.165) is 11.1 Å². The lowest BCUT2D eigenvalue weighted by Gasteiger charge is -2.01. The predicted octanol–water partition coefficient (Wildman–Crippen LogP) is 1.72. The highest BCUT2D eigenvalue weighted by atomic mass is 16.3. The maximum atomic E-state index is 9.33. The van der Waals surface area contributed by atoms with Crippen molar-refractivity contribution < 1.29 is 5.11 Å². The molecule has 0 atom stereocenters. The Kier molecular flexibility index (Phi) is 2.30. The summed E-state index contributed by atoms with van der Waals surface area (Å²) in [5.74, 6) is -0.0156. The summed E-state index contributed by atoms with van der Waals surface area (Å²) in [6.45, 7) is 0. The summed E-state index contributed by atoms with van der Waals surface area (Å²) in [4.78, 5) is 7.76. The molecule has 0 aliphatic carbocycles. The maximum Gasteiger partial charge on any atom is 0.133 e. The van der Waals surface area contributed by atoms with E-state index in [-0.39, 0.29) is 11.3 Å². The number of phenolic OH excluding ortho intramolecular Hbond substituents is 1. The lowest BCUT2D eigenvalue weighted by atomic mass is 10.1. The van der Waals surface area contributed by atoms with Gasteiger partial charge in [-0.1, -0.05) is 6.07 Å². The minimum Gasteiger partial charge on any atom is -0.507 e. The number of aromatic nitrogens is 2. The third-order valence-corrected chi connectivity index (χ3v) is 2.01. The second-order valence-corrected chi connectivity index (χ2v) is 2.97. The molecule has 0 bridgehead atoms. The molecule has 1 aromatic heterocycles. The van der Waals surface area contributed by atoms with Crippen molar-refractivity contribution in [1.82, 2.24) is 9.97 Å². The van der Waals surface area contributed by atoms with Crippen LogP contribution in [0, 0.1) is 11.3 Å². The van der Waals surface area contributed by atoms with Crippen LogP contribution >= 0.6 is 0 Å². The Morgan fingerprint density at radius 2 is 1.87 bits per heavy atom. The molecule has 4 nitrogen and oxygen atoms in total. The van der Waals surface area contributed by atoms with Gasteiger partial charge in [-0.25, -0.2) is 9.97 Å². The molecule has 0 aliphatic heterocycles. The van der Waals surface area contributed by atoms with Crippen molar-refractivity contribution in [3.8, 4) is 22.9 Å². The van der Waals surface area contributed by atoms with Gasteiger partial charge in [0.1, 0.15) is 18.1 Å². The number of aromatic hydroxyl groups is 1. The number of nitrogens with zero attached hydrogens (tertiary/aromatic N) is 3. The molecule has 72 valence electrons. The zero-order valence-electron chi connectivity index (χ0n) is 7.75. The molecule has 1 N–H and O–H groups in total. The zero-order chi connectivity index (χ0) is 10.7. The molecule has 15 heavy (non-hydrogen) atoms. The summed E-state index contributed by atoms with van der Waals surface area (Å²) < 4.78 is 0. The fourth-order valence-electron chi connectivity index (χ4n) is 1.25. The van der Waals surface area contributed by atoms with E-state index in [4.69, 9.17) is 5.26 Å². The first kappa shape index (κ1) is 9.16. The van der Waals surface area contributed by atoms with Crippen molar-refractivity contribution >= 4 is 0 Å². The first-order chi connectivity index (χ1) is 7.31. The minimum absolute atomic E-state index is 0.0156. The molecule has 0 saturated heterocycles. The number of benzene rings is 1. The van der Waals surface area contributed by atoms with Gasteiger partial charge in [0.15, 0.2) is 0 Å². The van der Waals surface area contributed by atoms with E-state index in [1.165, 1.54) is 12.4 Å². The molecule has 1 aromatic carbocycles. The summed E-state index contributed by atoms with van der Waals surface area (Å²) >= 11 is 0. The molecule has 2 rings (SSSR count). The number of nitriles is 1. The van der Waals surface area contributed by atoms with Crippen molar-refractivity contribution in [2.75, 3.05) is 0 Å². The maximum absolute atomic E-state index is 9.33. The van der Waals surface area contributed by atoms with E-state index >= 15 is 0 Å². The highest BCUT2D eigenvalue weighted by molar-refractivity contribution is 5.65. The van der Waals surface area contributed by atoms with Crippen LogP contribution in [-0.2, 0) is 0 Å². The molecular formula is C11H7N3O. The Morgan fingerprint density at radius 3 is 2.53 bits per heavy atom. The summed E-state index contributed by atoms with van der Waals surface area (Å²) in [7, 11) is 0. The van der Waals surface area contributed by atoms with Gasteiger partial charge in [0, 0.05) is 18.0 Å². The van der Waals surface area contributed by atoms with E-state index < -0.39 is 0 Å². The summed E-state index contributed by atoms with van der Waals surface area (Å²) in [5.41, 5.74) is 1.87. The number of hydrogen-bond donors (Lipinski definition) is 1. The molecule has 0 aliphatic rings. The van der Waals surface area contributed by atoms with Crippen LogP contribution in [-0.4, -0.2) is 15.1 Å². The monoisotopic (exact) mass is 197 g/mol. The molecule has 0 fully saturated rings. The van der Waals surface area contributed by atoms with Crippen LogP contribution < -0.4 is 0 Å². The van der Waals surface area contributed by atoms with Crippen molar-refractivity contribution in [3.63, 3.8) is 0 Å². The Bertz CT molecular complexity index is 517. The van der Waals surface area contributed by atoms with Gasteiger partial charge in [0.05, 0.1) is 5.56 Å². The minimum atomic E-state index is -0.0156. The Labute approximate surface area is 86.5 Å². The van der Waals surface area contributed by atoms with Crippen LogP contribution in [0.15, 0.2) is 36.9 Å². The largest absolute Gasteiger partial charge is 0.507 e. The molecule has 0 unspecified atom stereocenters. The lowest BCUT2D eigenvalue weighted by Crippen LogP contribution is -1.84. The Morgan fingerprint density at radius 1 is 1.13 bits per heavy atom. The van der Waals surface area contributed by atoms with Gasteiger partial charge in [0.2, 0.25) is 0 Å². The Balaban J connectivity index is 2.52. The van der Waals surface area contributed by atoms with Crippen LogP contribution in [0.1, 0.15) is 5.56 Å². The average Bonchev–Trinajstić information content (AvgIpc) is 2.31. The fourth-order valence-corrected chi connectivity index (χ4v) is 1.25. The standard InChI is InChI=1S/C11H7N3O/c12-4-9-3-8(1-2-11(9)15)10-5-13-7-14-6-10/h1-3,5-7,15H. The summed E-state index contributed by atoms with van der Waals surface area (Å²) in [6.07, 6.45) is 4.75. The van der Waals surface area contributed by atoms with Crippen LogP contribution in [0.2, 0.25) is 0 Å². The predicted molar refractivity (Wildman–Crippen MR) is 53.8 cm³/mol. The number of rotatable bonds is 1. The smallest absolute Gasteiger partial charge is 0.133 e. The van der Waals surface area contributed by atoms with Crippen molar-refractivity contribution in [3.05, 3.63) is 42.5 Å². The third-order valence-electron chi connectivity index (χ3n) is 2.01. The normalized spacial score (nSPS) is 9.53. The van der Waals surface area contributed by atoms with E-state index in [1.807, 2.05) is 6.07 Å². The van der Waals surface area contributed by atoms with Crippen molar-refractivity contribution in [2.24, 2.45) is 0 Å². The molecule has 2 aromatic rings. The van der Waals surface area contributed by atoms with Gasteiger partial charge in [0.25, 0.3) is 0 Å². The average molecular weight is 197 g/mol. The molecule has 1 heterocycles. The van der Waals surface area contributed by atoms with Crippen molar-refractivity contribution in [1.29, 1.82) is 5.26 Å². The molecular weight excluding hydrogens is 190 g/mol. The van der Waals surface area contributed by atoms with Gasteiger partial charge in [-0.2, -0.15) is 5.26 Å². The molecule has 0 saturated carbocycles. The number of hydrogen-bond acceptors (Lipinski definition) is 4. The van der Waals surface area contributed by atoms with Gasteiger partial charge >= 0.3 is 0 Å². The Hall–Kier alpha value is -2.41. The second kappa shape index (κ2) is 3.76. The van der Waals surface area contributed by atoms with Crippen LogP contribution in [0.5, 0.6) is 5.75 Å². The highest BCUT2D eigenvalue weighted by Gasteiger charge is 2.03. The zero-order valence-corrected chi connectivity index (χ0v) is 7.75. The summed E-state index contributed by atoms with van der Waals surface area (Å²) in [5, 5.41) is 18.1.